The van der Waals surface area contributed by atoms with E-state index in [1.165, 1.54) is 10.8 Å². The molecule has 1 aromatic carbocycles. The van der Waals surface area contributed by atoms with Crippen LogP contribution in [0.1, 0.15) is 30.1 Å². The highest BCUT2D eigenvalue weighted by Gasteiger charge is 2.30. The van der Waals surface area contributed by atoms with Gasteiger partial charge in [-0.15, -0.1) is 0 Å². The van der Waals surface area contributed by atoms with Crippen LogP contribution in [0, 0.1) is 0 Å². The number of fused-ring (bicyclic) bond motifs is 1. The predicted molar refractivity (Wildman–Crippen MR) is 95.7 cm³/mol. The first-order valence-electron chi connectivity index (χ1n) is 8.29. The molecule has 0 bridgehead atoms. The molecule has 3 heterocycles. The minimum atomic E-state index is -0.445. The van der Waals surface area contributed by atoms with E-state index in [9.17, 15) is 15.0 Å². The van der Waals surface area contributed by atoms with Gasteiger partial charge in [0.1, 0.15) is 5.69 Å². The lowest BCUT2D eigenvalue weighted by Gasteiger charge is -2.10. The summed E-state index contributed by atoms with van der Waals surface area (Å²) in [6.45, 7) is 1.88. The Labute approximate surface area is 148 Å². The van der Waals surface area contributed by atoms with Gasteiger partial charge in [0, 0.05) is 6.42 Å². The second-order valence-electron chi connectivity index (χ2n) is 5.99. The van der Waals surface area contributed by atoms with E-state index in [1.807, 2.05) is 6.92 Å². The molecule has 3 aromatic heterocycles. The Kier molecular flexibility index (Phi) is 3.76. The molecule has 7 nitrogen and oxygen atoms in total. The SMILES string of the molecule is CCCC(=O)c1c(O)c(O)n(-c2ccc3nc[nH]c3c2)c1-c1ccco1. The quantitative estimate of drug-likeness (QED) is 0.471. The lowest BCUT2D eigenvalue weighted by atomic mass is 10.1. The number of ketones is 1. The van der Waals surface area contributed by atoms with Crippen molar-refractivity contribution < 1.29 is 19.4 Å². The highest BCUT2D eigenvalue weighted by molar-refractivity contribution is 6.05. The minimum absolute atomic E-state index is 0.0593. The average Bonchev–Trinajstić information content (AvgIpc) is 3.35. The van der Waals surface area contributed by atoms with Crippen molar-refractivity contribution in [1.82, 2.24) is 14.5 Å². The van der Waals surface area contributed by atoms with Crippen LogP contribution >= 0.6 is 0 Å². The summed E-state index contributed by atoms with van der Waals surface area (Å²) in [4.78, 5) is 19.8. The van der Waals surface area contributed by atoms with E-state index < -0.39 is 11.6 Å². The van der Waals surface area contributed by atoms with Crippen molar-refractivity contribution in [3.05, 3.63) is 48.5 Å². The maximum Gasteiger partial charge on any atom is 0.240 e. The Hall–Kier alpha value is -3.48. The summed E-state index contributed by atoms with van der Waals surface area (Å²) >= 11 is 0. The number of nitrogens with zero attached hydrogens (tertiary/aromatic N) is 2. The fourth-order valence-corrected chi connectivity index (χ4v) is 3.12. The zero-order chi connectivity index (χ0) is 18.3. The van der Waals surface area contributed by atoms with E-state index in [4.69, 9.17) is 4.42 Å². The second kappa shape index (κ2) is 6.11. The molecule has 0 aliphatic carbocycles. The normalized spacial score (nSPS) is 11.3. The third-order valence-electron chi connectivity index (χ3n) is 4.29. The number of carbonyl (C=O) groups excluding carboxylic acids is 1. The van der Waals surface area contributed by atoms with Gasteiger partial charge in [0.15, 0.2) is 17.3 Å². The molecule has 26 heavy (non-hydrogen) atoms. The highest BCUT2D eigenvalue weighted by Crippen LogP contribution is 2.44. The molecule has 0 atom stereocenters. The third kappa shape index (κ3) is 2.36. The number of aromatic hydroxyl groups is 2. The van der Waals surface area contributed by atoms with Crippen LogP contribution in [0.2, 0.25) is 0 Å². The van der Waals surface area contributed by atoms with Crippen molar-refractivity contribution >= 4 is 16.8 Å². The molecular formula is C19H17N3O4. The summed E-state index contributed by atoms with van der Waals surface area (Å²) in [5.74, 6) is -0.730. The number of H-pyrrole nitrogens is 1. The highest BCUT2D eigenvalue weighted by atomic mass is 16.3. The smallest absolute Gasteiger partial charge is 0.240 e. The van der Waals surface area contributed by atoms with Gasteiger partial charge in [-0.25, -0.2) is 4.98 Å². The zero-order valence-corrected chi connectivity index (χ0v) is 14.1. The Bertz CT molecular complexity index is 1090. The molecule has 4 rings (SSSR count). The molecule has 0 amide bonds. The van der Waals surface area contributed by atoms with Crippen molar-refractivity contribution in [2.75, 3.05) is 0 Å². The molecule has 3 N–H and O–H groups in total. The van der Waals surface area contributed by atoms with Crippen LogP contribution in [0.25, 0.3) is 28.2 Å². The number of furan rings is 1. The number of benzene rings is 1. The summed E-state index contributed by atoms with van der Waals surface area (Å²) in [7, 11) is 0. The topological polar surface area (TPSA) is 104 Å². The van der Waals surface area contributed by atoms with Crippen molar-refractivity contribution in [2.45, 2.75) is 19.8 Å². The Balaban J connectivity index is 2.02. The van der Waals surface area contributed by atoms with Crippen molar-refractivity contribution in [2.24, 2.45) is 0 Å². The number of Topliss-reactive ketones (excluding diaryl/α,β-unsaturated/α-hetero) is 1. The van der Waals surface area contributed by atoms with Crippen molar-refractivity contribution in [3.8, 4) is 28.8 Å². The van der Waals surface area contributed by atoms with Crippen LogP contribution in [0.4, 0.5) is 0 Å². The van der Waals surface area contributed by atoms with Crippen LogP contribution in [-0.4, -0.2) is 30.5 Å². The van der Waals surface area contributed by atoms with Gasteiger partial charge >= 0.3 is 0 Å². The third-order valence-corrected chi connectivity index (χ3v) is 4.29. The molecule has 0 unspecified atom stereocenters. The Morgan fingerprint density at radius 1 is 1.31 bits per heavy atom. The van der Waals surface area contributed by atoms with Gasteiger partial charge in [0.05, 0.1) is 34.9 Å². The number of aromatic amines is 1. The summed E-state index contributed by atoms with van der Waals surface area (Å²) in [5.41, 5.74) is 2.48. The average molecular weight is 351 g/mol. The number of rotatable bonds is 5. The molecule has 4 aromatic rings. The fraction of sp³-hybridized carbons (Fsp3) is 0.158. The molecule has 0 saturated carbocycles. The summed E-state index contributed by atoms with van der Waals surface area (Å²) in [6, 6.07) is 8.69. The monoisotopic (exact) mass is 351 g/mol. The van der Waals surface area contributed by atoms with Gasteiger partial charge in [0.25, 0.3) is 0 Å². The first-order chi connectivity index (χ1) is 12.6. The van der Waals surface area contributed by atoms with Crippen LogP contribution in [0.5, 0.6) is 11.6 Å². The largest absolute Gasteiger partial charge is 0.503 e. The maximum atomic E-state index is 12.6. The molecule has 0 saturated heterocycles. The van der Waals surface area contributed by atoms with E-state index in [-0.39, 0.29) is 17.8 Å². The number of carbonyl (C=O) groups is 1. The molecule has 0 spiro atoms. The number of imidazole rings is 1. The first kappa shape index (κ1) is 16.0. The lowest BCUT2D eigenvalue weighted by molar-refractivity contribution is 0.0979. The molecular weight excluding hydrogens is 334 g/mol. The summed E-state index contributed by atoms with van der Waals surface area (Å²) in [6.07, 6.45) is 3.93. The van der Waals surface area contributed by atoms with E-state index in [2.05, 4.69) is 9.97 Å². The van der Waals surface area contributed by atoms with Gasteiger partial charge in [-0.2, -0.15) is 0 Å². The minimum Gasteiger partial charge on any atom is -0.503 e. The predicted octanol–water partition coefficient (Wildman–Crippen LogP) is 4.01. The Morgan fingerprint density at radius 2 is 2.15 bits per heavy atom. The van der Waals surface area contributed by atoms with Gasteiger partial charge < -0.3 is 19.6 Å². The number of nitrogens with one attached hydrogen (secondary N) is 1. The van der Waals surface area contributed by atoms with E-state index in [0.29, 0.717) is 23.6 Å². The molecule has 0 aliphatic heterocycles. The van der Waals surface area contributed by atoms with Gasteiger partial charge in [0.2, 0.25) is 5.88 Å². The fourth-order valence-electron chi connectivity index (χ4n) is 3.12. The van der Waals surface area contributed by atoms with Gasteiger partial charge in [-0.3, -0.25) is 9.36 Å². The summed E-state index contributed by atoms with van der Waals surface area (Å²) < 4.78 is 6.89. The van der Waals surface area contributed by atoms with Gasteiger partial charge in [-0.05, 0) is 36.8 Å². The standard InChI is InChI=1S/C19H17N3O4/c1-2-4-14(23)16-17(15-5-3-8-26-15)22(19(25)18(16)24)11-6-7-12-13(9-11)21-10-20-12/h3,5-10,24-25H,2,4H2,1H3,(H,20,21). The Morgan fingerprint density at radius 3 is 2.88 bits per heavy atom. The van der Waals surface area contributed by atoms with Crippen molar-refractivity contribution in [3.63, 3.8) is 0 Å². The van der Waals surface area contributed by atoms with Crippen LogP contribution in [0.15, 0.2) is 47.3 Å². The van der Waals surface area contributed by atoms with Crippen LogP contribution < -0.4 is 0 Å². The molecule has 0 radical (unpaired) electrons. The molecule has 0 fully saturated rings. The molecule has 0 aliphatic rings. The zero-order valence-electron chi connectivity index (χ0n) is 14.1. The van der Waals surface area contributed by atoms with Crippen molar-refractivity contribution in [1.29, 1.82) is 0 Å². The van der Waals surface area contributed by atoms with E-state index in [0.717, 1.165) is 11.0 Å². The van der Waals surface area contributed by atoms with E-state index >= 15 is 0 Å². The van der Waals surface area contributed by atoms with Crippen LogP contribution in [0.3, 0.4) is 0 Å². The van der Waals surface area contributed by atoms with Gasteiger partial charge in [-0.1, -0.05) is 6.92 Å². The van der Waals surface area contributed by atoms with Crippen LogP contribution in [-0.2, 0) is 0 Å². The number of hydrogen-bond donors (Lipinski definition) is 3. The number of hydrogen-bond acceptors (Lipinski definition) is 5. The number of aromatic nitrogens is 3. The second-order valence-corrected chi connectivity index (χ2v) is 5.99. The maximum absolute atomic E-state index is 12.6. The molecule has 7 heteroatoms. The first-order valence-corrected chi connectivity index (χ1v) is 8.29. The van der Waals surface area contributed by atoms with E-state index in [1.54, 1.807) is 36.7 Å². The summed E-state index contributed by atoms with van der Waals surface area (Å²) in [5, 5.41) is 21.1. The lowest BCUT2D eigenvalue weighted by Crippen LogP contribution is -2.02. The molecule has 132 valence electrons.